The SMILES string of the molecule is Cc1cc(F)cc(S(=O)(=O)N2CCC(c3nncn3C)CC2)c1. The molecule has 2 aromatic rings. The number of halogens is 1. The van der Waals surface area contributed by atoms with Gasteiger partial charge in [-0.3, -0.25) is 0 Å². The highest BCUT2D eigenvalue weighted by molar-refractivity contribution is 7.89. The van der Waals surface area contributed by atoms with Crippen LogP contribution >= 0.6 is 0 Å². The van der Waals surface area contributed by atoms with Crippen molar-refractivity contribution in [1.82, 2.24) is 19.1 Å². The number of hydrogen-bond donors (Lipinski definition) is 0. The maximum atomic E-state index is 13.5. The third-order valence-electron chi connectivity index (χ3n) is 4.22. The van der Waals surface area contributed by atoms with Crippen molar-refractivity contribution in [1.29, 1.82) is 0 Å². The van der Waals surface area contributed by atoms with Crippen molar-refractivity contribution in [2.45, 2.75) is 30.6 Å². The molecule has 6 nitrogen and oxygen atoms in total. The molecule has 0 atom stereocenters. The average Bonchev–Trinajstić information content (AvgIpc) is 2.92. The minimum absolute atomic E-state index is 0.0205. The Morgan fingerprint density at radius 2 is 1.91 bits per heavy atom. The minimum Gasteiger partial charge on any atom is -0.320 e. The number of nitrogens with zero attached hydrogens (tertiary/aromatic N) is 4. The van der Waals surface area contributed by atoms with Gasteiger partial charge in [-0.2, -0.15) is 4.31 Å². The molecule has 1 aliphatic heterocycles. The van der Waals surface area contributed by atoms with Gasteiger partial charge in [0.15, 0.2) is 0 Å². The highest BCUT2D eigenvalue weighted by atomic mass is 32.2. The Bertz CT molecular complexity index is 790. The van der Waals surface area contributed by atoms with Crippen LogP contribution in [0, 0.1) is 12.7 Å². The van der Waals surface area contributed by atoms with Gasteiger partial charge in [0.2, 0.25) is 10.0 Å². The van der Waals surface area contributed by atoms with Gasteiger partial charge in [0.25, 0.3) is 0 Å². The first-order valence-electron chi connectivity index (χ1n) is 7.49. The fourth-order valence-corrected chi connectivity index (χ4v) is 4.60. The summed E-state index contributed by atoms with van der Waals surface area (Å²) < 4.78 is 42.2. The molecule has 0 aliphatic carbocycles. The van der Waals surface area contributed by atoms with Crippen molar-refractivity contribution >= 4 is 10.0 Å². The van der Waals surface area contributed by atoms with E-state index in [-0.39, 0.29) is 10.8 Å². The lowest BCUT2D eigenvalue weighted by Gasteiger charge is -2.30. The molecule has 2 heterocycles. The fraction of sp³-hybridized carbons (Fsp3) is 0.467. The second-order valence-corrected chi connectivity index (χ2v) is 7.88. The van der Waals surface area contributed by atoms with Crippen molar-refractivity contribution < 1.29 is 12.8 Å². The second-order valence-electron chi connectivity index (χ2n) is 5.94. The number of rotatable bonds is 3. The van der Waals surface area contributed by atoms with E-state index in [0.717, 1.165) is 11.9 Å². The standard InChI is InChI=1S/C15H19FN4O2S/c1-11-7-13(16)9-14(8-11)23(21,22)20-5-3-12(4-6-20)15-18-17-10-19(15)2/h7-10,12H,3-6H2,1-2H3. The van der Waals surface area contributed by atoms with Gasteiger partial charge < -0.3 is 4.57 Å². The Balaban J connectivity index is 1.77. The van der Waals surface area contributed by atoms with Gasteiger partial charge in [-0.15, -0.1) is 10.2 Å². The van der Waals surface area contributed by atoms with E-state index in [9.17, 15) is 12.8 Å². The number of aryl methyl sites for hydroxylation is 2. The maximum absolute atomic E-state index is 13.5. The van der Waals surface area contributed by atoms with Crippen LogP contribution in [0.3, 0.4) is 0 Å². The predicted octanol–water partition coefficient (Wildman–Crippen LogP) is 1.83. The summed E-state index contributed by atoms with van der Waals surface area (Å²) in [7, 11) is -1.78. The van der Waals surface area contributed by atoms with Crippen molar-refractivity contribution in [3.05, 3.63) is 41.7 Å². The van der Waals surface area contributed by atoms with Crippen LogP contribution in [0.4, 0.5) is 4.39 Å². The van der Waals surface area contributed by atoms with Crippen molar-refractivity contribution in [2.24, 2.45) is 7.05 Å². The fourth-order valence-electron chi connectivity index (χ4n) is 3.02. The van der Waals surface area contributed by atoms with Gasteiger partial charge >= 0.3 is 0 Å². The Labute approximate surface area is 135 Å². The van der Waals surface area contributed by atoms with E-state index in [1.165, 1.54) is 16.4 Å². The van der Waals surface area contributed by atoms with Crippen LogP contribution in [0.2, 0.25) is 0 Å². The van der Waals surface area contributed by atoms with Gasteiger partial charge in [0, 0.05) is 26.1 Å². The third-order valence-corrected chi connectivity index (χ3v) is 6.10. The number of hydrogen-bond acceptors (Lipinski definition) is 4. The van der Waals surface area contributed by atoms with E-state index in [2.05, 4.69) is 10.2 Å². The quantitative estimate of drug-likeness (QED) is 0.856. The average molecular weight is 338 g/mol. The van der Waals surface area contributed by atoms with E-state index in [4.69, 9.17) is 0 Å². The van der Waals surface area contributed by atoms with Crippen LogP contribution in [0.25, 0.3) is 0 Å². The molecule has 1 saturated heterocycles. The monoisotopic (exact) mass is 338 g/mol. The van der Waals surface area contributed by atoms with Crippen LogP contribution in [0.15, 0.2) is 29.4 Å². The zero-order chi connectivity index (χ0) is 16.6. The molecule has 0 unspecified atom stereocenters. The van der Waals surface area contributed by atoms with E-state index < -0.39 is 15.8 Å². The zero-order valence-corrected chi connectivity index (χ0v) is 13.9. The number of sulfonamides is 1. The highest BCUT2D eigenvalue weighted by Gasteiger charge is 2.31. The molecule has 1 aliphatic rings. The summed E-state index contributed by atoms with van der Waals surface area (Å²) in [6.07, 6.45) is 3.01. The van der Waals surface area contributed by atoms with Crippen molar-refractivity contribution in [3.8, 4) is 0 Å². The van der Waals surface area contributed by atoms with Crippen molar-refractivity contribution in [2.75, 3.05) is 13.1 Å². The molecule has 0 spiro atoms. The predicted molar refractivity (Wildman–Crippen MR) is 82.9 cm³/mol. The van der Waals surface area contributed by atoms with Gasteiger partial charge in [-0.25, -0.2) is 12.8 Å². The van der Waals surface area contributed by atoms with E-state index in [1.807, 2.05) is 11.6 Å². The summed E-state index contributed by atoms with van der Waals surface area (Å²) in [5.41, 5.74) is 0.595. The van der Waals surface area contributed by atoms with Crippen molar-refractivity contribution in [3.63, 3.8) is 0 Å². The summed E-state index contributed by atoms with van der Waals surface area (Å²) in [5.74, 6) is 0.546. The molecule has 3 rings (SSSR count). The van der Waals surface area contributed by atoms with Crippen LogP contribution in [-0.2, 0) is 17.1 Å². The van der Waals surface area contributed by atoms with Crippen LogP contribution < -0.4 is 0 Å². The second kappa shape index (κ2) is 6.01. The van der Waals surface area contributed by atoms with Crippen LogP contribution in [0.1, 0.15) is 30.1 Å². The molecular weight excluding hydrogens is 319 g/mol. The first-order chi connectivity index (χ1) is 10.9. The molecule has 1 fully saturated rings. The first-order valence-corrected chi connectivity index (χ1v) is 8.93. The molecule has 124 valence electrons. The number of benzene rings is 1. The molecule has 8 heteroatoms. The van der Waals surface area contributed by atoms with Gasteiger partial charge in [-0.05, 0) is 43.5 Å². The number of aromatic nitrogens is 3. The summed E-state index contributed by atoms with van der Waals surface area (Å²) >= 11 is 0. The largest absolute Gasteiger partial charge is 0.320 e. The minimum atomic E-state index is -3.66. The van der Waals surface area contributed by atoms with Gasteiger partial charge in [0.05, 0.1) is 4.90 Å². The van der Waals surface area contributed by atoms with Crippen LogP contribution in [-0.4, -0.2) is 40.6 Å². The Morgan fingerprint density at radius 3 is 2.48 bits per heavy atom. The molecular formula is C15H19FN4O2S. The topological polar surface area (TPSA) is 68.1 Å². The maximum Gasteiger partial charge on any atom is 0.243 e. The van der Waals surface area contributed by atoms with Crippen LogP contribution in [0.5, 0.6) is 0 Å². The highest BCUT2D eigenvalue weighted by Crippen LogP contribution is 2.29. The molecule has 0 amide bonds. The summed E-state index contributed by atoms with van der Waals surface area (Å²) in [6.45, 7) is 2.48. The lowest BCUT2D eigenvalue weighted by molar-refractivity contribution is 0.310. The molecule has 23 heavy (non-hydrogen) atoms. The van der Waals surface area contributed by atoms with E-state index >= 15 is 0 Å². The molecule has 0 radical (unpaired) electrons. The normalized spacial score (nSPS) is 17.5. The van der Waals surface area contributed by atoms with Gasteiger partial charge in [-0.1, -0.05) is 0 Å². The third kappa shape index (κ3) is 3.13. The summed E-state index contributed by atoms with van der Waals surface area (Å²) in [5, 5.41) is 7.97. The first kappa shape index (κ1) is 16.1. The number of piperidine rings is 1. The summed E-state index contributed by atoms with van der Waals surface area (Å²) in [6, 6.07) is 3.91. The lowest BCUT2D eigenvalue weighted by atomic mass is 9.97. The molecule has 0 N–H and O–H groups in total. The van der Waals surface area contributed by atoms with E-state index in [1.54, 1.807) is 13.3 Å². The molecule has 1 aromatic heterocycles. The Morgan fingerprint density at radius 1 is 1.22 bits per heavy atom. The smallest absolute Gasteiger partial charge is 0.243 e. The van der Waals surface area contributed by atoms with E-state index in [0.29, 0.717) is 31.5 Å². The Hall–Kier alpha value is -1.80. The summed E-state index contributed by atoms with van der Waals surface area (Å²) in [4.78, 5) is 0.0205. The lowest BCUT2D eigenvalue weighted by Crippen LogP contribution is -2.38. The zero-order valence-electron chi connectivity index (χ0n) is 13.1. The molecule has 0 bridgehead atoms. The van der Waals surface area contributed by atoms with Gasteiger partial charge in [0.1, 0.15) is 18.0 Å². The molecule has 1 aromatic carbocycles. The molecule has 0 saturated carbocycles. The Kier molecular flexibility index (Phi) is 4.20.